The molecule has 3 aromatic rings. The zero-order valence-corrected chi connectivity index (χ0v) is 17.0. The van der Waals surface area contributed by atoms with Gasteiger partial charge in [0.1, 0.15) is 0 Å². The van der Waals surface area contributed by atoms with Gasteiger partial charge in [-0.3, -0.25) is 9.59 Å². The van der Waals surface area contributed by atoms with E-state index in [2.05, 4.69) is 0 Å². The number of para-hydroxylation sites is 1. The third-order valence-corrected chi connectivity index (χ3v) is 5.33. The van der Waals surface area contributed by atoms with Crippen LogP contribution in [-0.2, 0) is 21.7 Å². The van der Waals surface area contributed by atoms with E-state index in [0.29, 0.717) is 17.8 Å². The quantitative estimate of drug-likeness (QED) is 0.456. The molecule has 1 aliphatic rings. The summed E-state index contributed by atoms with van der Waals surface area (Å²) in [6, 6.07) is 26.4. The number of benzene rings is 3. The van der Waals surface area contributed by atoms with Crippen LogP contribution in [0, 0.1) is 0 Å². The van der Waals surface area contributed by atoms with E-state index in [1.54, 1.807) is 35.3 Å². The van der Waals surface area contributed by atoms with E-state index in [0.717, 1.165) is 11.1 Å². The minimum Gasteiger partial charge on any atom is -0.375 e. The monoisotopic (exact) mass is 409 g/mol. The molecule has 0 aromatic heterocycles. The zero-order valence-electron chi connectivity index (χ0n) is 17.0. The van der Waals surface area contributed by atoms with Gasteiger partial charge in [0.25, 0.3) is 5.91 Å². The summed E-state index contributed by atoms with van der Waals surface area (Å²) in [6.07, 6.45) is 6.38. The molecule has 1 heterocycles. The number of allylic oxidation sites excluding steroid dienone is 3. The number of aliphatic hydroxyl groups is 1. The van der Waals surface area contributed by atoms with Gasteiger partial charge in [-0.15, -0.1) is 0 Å². The second kappa shape index (κ2) is 8.94. The van der Waals surface area contributed by atoms with Crippen molar-refractivity contribution in [3.8, 4) is 0 Å². The van der Waals surface area contributed by atoms with E-state index in [4.69, 9.17) is 0 Å². The second-order valence-corrected chi connectivity index (χ2v) is 7.53. The minimum absolute atomic E-state index is 0.302. The third-order valence-electron chi connectivity index (χ3n) is 5.33. The van der Waals surface area contributed by atoms with Crippen LogP contribution in [-0.4, -0.2) is 16.8 Å². The van der Waals surface area contributed by atoms with Crippen LogP contribution in [0.4, 0.5) is 5.69 Å². The molecule has 1 N–H and O–H groups in total. The lowest BCUT2D eigenvalue weighted by molar-refractivity contribution is -0.140. The van der Waals surface area contributed by atoms with E-state index in [1.165, 1.54) is 6.08 Å². The summed E-state index contributed by atoms with van der Waals surface area (Å²) in [5, 5.41) is 11.3. The first-order valence-electron chi connectivity index (χ1n) is 10.2. The van der Waals surface area contributed by atoms with Gasteiger partial charge in [-0.05, 0) is 23.3 Å². The van der Waals surface area contributed by atoms with Crippen molar-refractivity contribution < 1.29 is 14.7 Å². The maximum atomic E-state index is 13.2. The number of amides is 1. The minimum atomic E-state index is -1.87. The molecule has 1 aliphatic heterocycles. The summed E-state index contributed by atoms with van der Waals surface area (Å²) in [5.74, 6) is -0.788. The van der Waals surface area contributed by atoms with Crippen LogP contribution in [0.3, 0.4) is 0 Å². The Morgan fingerprint density at radius 2 is 1.52 bits per heavy atom. The second-order valence-electron chi connectivity index (χ2n) is 7.53. The van der Waals surface area contributed by atoms with Crippen LogP contribution in [0.25, 0.3) is 6.08 Å². The Kier molecular flexibility index (Phi) is 5.92. The van der Waals surface area contributed by atoms with Crippen molar-refractivity contribution in [2.45, 2.75) is 18.6 Å². The van der Waals surface area contributed by atoms with Crippen molar-refractivity contribution >= 4 is 23.5 Å². The maximum absolute atomic E-state index is 13.2. The predicted molar refractivity (Wildman–Crippen MR) is 122 cm³/mol. The maximum Gasteiger partial charge on any atom is 0.264 e. The fourth-order valence-corrected chi connectivity index (χ4v) is 3.81. The van der Waals surface area contributed by atoms with Gasteiger partial charge in [-0.1, -0.05) is 97.1 Å². The Balaban J connectivity index is 1.52. The number of hydrogen-bond donors (Lipinski definition) is 1. The summed E-state index contributed by atoms with van der Waals surface area (Å²) >= 11 is 0. The highest BCUT2D eigenvalue weighted by molar-refractivity contribution is 6.09. The number of nitrogens with zero attached hydrogens (tertiary/aromatic N) is 1. The molecule has 1 amide bonds. The highest BCUT2D eigenvalue weighted by Gasteiger charge is 2.50. The normalized spacial score (nSPS) is 18.1. The van der Waals surface area contributed by atoms with Gasteiger partial charge >= 0.3 is 0 Å². The zero-order chi connectivity index (χ0) is 21.7. The van der Waals surface area contributed by atoms with Gasteiger partial charge in [0.2, 0.25) is 0 Å². The number of fused-ring (bicyclic) bond motifs is 1. The molecule has 154 valence electrons. The van der Waals surface area contributed by atoms with E-state index in [-0.39, 0.29) is 12.2 Å². The SMILES string of the molecule is O=C(C=CC=Cc1ccccc1)CC1(O)C(=O)N(Cc2ccccc2)c2ccccc21. The Hall–Kier alpha value is -3.76. The van der Waals surface area contributed by atoms with Crippen LogP contribution in [0.2, 0.25) is 0 Å². The largest absolute Gasteiger partial charge is 0.375 e. The first kappa shape index (κ1) is 20.5. The summed E-state index contributed by atoms with van der Waals surface area (Å²) in [7, 11) is 0. The van der Waals surface area contributed by atoms with Crippen LogP contribution < -0.4 is 4.90 Å². The average molecular weight is 409 g/mol. The van der Waals surface area contributed by atoms with Gasteiger partial charge < -0.3 is 10.0 Å². The molecule has 31 heavy (non-hydrogen) atoms. The molecule has 0 radical (unpaired) electrons. The van der Waals surface area contributed by atoms with Gasteiger partial charge in [0.05, 0.1) is 18.7 Å². The number of ketones is 1. The number of hydrogen-bond acceptors (Lipinski definition) is 3. The molecule has 1 atom stereocenters. The lowest BCUT2D eigenvalue weighted by atomic mass is 9.90. The van der Waals surface area contributed by atoms with Gasteiger partial charge in [-0.2, -0.15) is 0 Å². The van der Waals surface area contributed by atoms with E-state index in [9.17, 15) is 14.7 Å². The highest BCUT2D eigenvalue weighted by Crippen LogP contribution is 2.43. The molecule has 0 fully saturated rings. The first-order chi connectivity index (χ1) is 15.1. The number of carbonyl (C=O) groups excluding carboxylic acids is 2. The summed E-state index contributed by atoms with van der Waals surface area (Å²) in [6.45, 7) is 0.336. The molecule has 0 aliphatic carbocycles. The molecular weight excluding hydrogens is 386 g/mol. The topological polar surface area (TPSA) is 57.6 Å². The average Bonchev–Trinajstić information content (AvgIpc) is 3.00. The number of rotatable bonds is 7. The Morgan fingerprint density at radius 3 is 2.26 bits per heavy atom. The molecule has 4 rings (SSSR count). The van der Waals surface area contributed by atoms with Crippen molar-refractivity contribution in [1.82, 2.24) is 0 Å². The Labute approximate surface area is 181 Å². The molecule has 0 bridgehead atoms. The molecular formula is C27H23NO3. The molecule has 4 heteroatoms. The van der Waals surface area contributed by atoms with Crippen LogP contribution in [0.15, 0.2) is 103 Å². The smallest absolute Gasteiger partial charge is 0.264 e. The molecule has 4 nitrogen and oxygen atoms in total. The number of carbonyl (C=O) groups is 2. The summed E-state index contributed by atoms with van der Waals surface area (Å²) < 4.78 is 0. The van der Waals surface area contributed by atoms with E-state index >= 15 is 0 Å². The van der Waals surface area contributed by atoms with Crippen molar-refractivity contribution in [2.24, 2.45) is 0 Å². The van der Waals surface area contributed by atoms with Gasteiger partial charge in [-0.25, -0.2) is 0 Å². The van der Waals surface area contributed by atoms with Crippen LogP contribution in [0.1, 0.15) is 23.1 Å². The van der Waals surface area contributed by atoms with Crippen molar-refractivity contribution in [3.63, 3.8) is 0 Å². The van der Waals surface area contributed by atoms with Crippen molar-refractivity contribution in [2.75, 3.05) is 4.90 Å². The molecule has 0 spiro atoms. The molecule has 0 saturated carbocycles. The lowest BCUT2D eigenvalue weighted by Gasteiger charge is -2.22. The molecule has 3 aromatic carbocycles. The van der Waals surface area contributed by atoms with E-state index < -0.39 is 11.5 Å². The van der Waals surface area contributed by atoms with Gasteiger partial charge in [0, 0.05) is 5.56 Å². The summed E-state index contributed by atoms with van der Waals surface area (Å²) in [5.41, 5.74) is 1.22. The molecule has 1 unspecified atom stereocenters. The third kappa shape index (κ3) is 4.39. The Morgan fingerprint density at radius 1 is 0.871 bits per heavy atom. The van der Waals surface area contributed by atoms with Crippen molar-refractivity contribution in [1.29, 1.82) is 0 Å². The lowest BCUT2D eigenvalue weighted by Crippen LogP contribution is -2.41. The fourth-order valence-electron chi connectivity index (χ4n) is 3.81. The standard InChI is InChI=1S/C27H23NO3/c29-23(16-8-7-13-21-11-3-1-4-12-21)19-27(31)24-17-9-10-18-25(24)28(26(27)30)20-22-14-5-2-6-15-22/h1-18,31H,19-20H2. The van der Waals surface area contributed by atoms with Crippen LogP contribution in [0.5, 0.6) is 0 Å². The summed E-state index contributed by atoms with van der Waals surface area (Å²) in [4.78, 5) is 27.4. The van der Waals surface area contributed by atoms with Crippen molar-refractivity contribution in [3.05, 3.63) is 120 Å². The highest BCUT2D eigenvalue weighted by atomic mass is 16.3. The van der Waals surface area contributed by atoms with Gasteiger partial charge in [0.15, 0.2) is 11.4 Å². The van der Waals surface area contributed by atoms with E-state index in [1.807, 2.05) is 72.8 Å². The van der Waals surface area contributed by atoms with Crippen LogP contribution >= 0.6 is 0 Å². The first-order valence-corrected chi connectivity index (χ1v) is 10.2. The Bertz CT molecular complexity index is 1140. The molecule has 0 saturated heterocycles. The fraction of sp³-hybridized carbons (Fsp3) is 0.111. The number of anilines is 1. The predicted octanol–water partition coefficient (Wildman–Crippen LogP) is 4.65.